The summed E-state index contributed by atoms with van der Waals surface area (Å²) < 4.78 is 6.81. The van der Waals surface area contributed by atoms with Gasteiger partial charge in [0.05, 0.1) is 17.4 Å². The van der Waals surface area contributed by atoms with Crippen LogP contribution in [0, 0.1) is 5.92 Å². The number of carbonyl (C=O) groups is 1. The number of carbonyl (C=O) groups excluding carboxylic acids is 1. The van der Waals surface area contributed by atoms with E-state index in [1.165, 1.54) is 4.57 Å². The Kier molecular flexibility index (Phi) is 5.38. The van der Waals surface area contributed by atoms with Gasteiger partial charge in [0.1, 0.15) is 0 Å². The highest BCUT2D eigenvalue weighted by molar-refractivity contribution is 6.31. The van der Waals surface area contributed by atoms with Crippen molar-refractivity contribution in [2.24, 2.45) is 5.92 Å². The third-order valence-corrected chi connectivity index (χ3v) is 4.08. The zero-order valence-electron chi connectivity index (χ0n) is 14.6. The SMILES string of the molecule is CC(C)CC(=O)Oc1nc2cc(Cl)ccc2c(=O)n1Cc1ccccc1. The molecule has 0 amide bonds. The van der Waals surface area contributed by atoms with Gasteiger partial charge in [-0.1, -0.05) is 55.8 Å². The predicted octanol–water partition coefficient (Wildman–Crippen LogP) is 4.05. The molecule has 5 nitrogen and oxygen atoms in total. The zero-order chi connectivity index (χ0) is 18.7. The van der Waals surface area contributed by atoms with Crippen LogP contribution in [0.3, 0.4) is 0 Å². The highest BCUT2D eigenvalue weighted by Crippen LogP contribution is 2.19. The minimum Gasteiger partial charge on any atom is -0.392 e. The fourth-order valence-electron chi connectivity index (χ4n) is 2.63. The van der Waals surface area contributed by atoms with Crippen molar-refractivity contribution < 1.29 is 9.53 Å². The number of aromatic nitrogens is 2. The molecule has 3 rings (SSSR count). The van der Waals surface area contributed by atoms with Crippen LogP contribution in [0.25, 0.3) is 10.9 Å². The summed E-state index contributed by atoms with van der Waals surface area (Å²) in [5.74, 6) is -0.276. The van der Waals surface area contributed by atoms with Gasteiger partial charge in [-0.15, -0.1) is 0 Å². The Bertz CT molecular complexity index is 997. The molecule has 0 fully saturated rings. The van der Waals surface area contributed by atoms with Crippen LogP contribution in [0.4, 0.5) is 0 Å². The number of hydrogen-bond donors (Lipinski definition) is 0. The van der Waals surface area contributed by atoms with Crippen LogP contribution >= 0.6 is 11.6 Å². The molecular weight excluding hydrogens is 352 g/mol. The van der Waals surface area contributed by atoms with Crippen LogP contribution in [0.2, 0.25) is 5.02 Å². The molecule has 0 radical (unpaired) electrons. The highest BCUT2D eigenvalue weighted by atomic mass is 35.5. The van der Waals surface area contributed by atoms with E-state index in [-0.39, 0.29) is 30.5 Å². The average Bonchev–Trinajstić information content (AvgIpc) is 2.58. The topological polar surface area (TPSA) is 61.2 Å². The highest BCUT2D eigenvalue weighted by Gasteiger charge is 2.17. The smallest absolute Gasteiger partial charge is 0.313 e. The van der Waals surface area contributed by atoms with Gasteiger partial charge >= 0.3 is 12.0 Å². The van der Waals surface area contributed by atoms with Gasteiger partial charge in [-0.25, -0.2) is 0 Å². The van der Waals surface area contributed by atoms with E-state index in [0.29, 0.717) is 15.9 Å². The molecule has 0 aliphatic heterocycles. The monoisotopic (exact) mass is 370 g/mol. The lowest BCUT2D eigenvalue weighted by atomic mass is 10.1. The molecule has 0 spiro atoms. The second-order valence-electron chi connectivity index (χ2n) is 6.50. The molecule has 1 aromatic heterocycles. The summed E-state index contributed by atoms with van der Waals surface area (Å²) in [6.07, 6.45) is 0.245. The van der Waals surface area contributed by atoms with Crippen molar-refractivity contribution in [2.75, 3.05) is 0 Å². The summed E-state index contributed by atoms with van der Waals surface area (Å²) in [4.78, 5) is 29.5. The van der Waals surface area contributed by atoms with Crippen molar-refractivity contribution in [2.45, 2.75) is 26.8 Å². The second-order valence-corrected chi connectivity index (χ2v) is 6.94. The molecule has 6 heteroatoms. The molecule has 0 saturated heterocycles. The minimum atomic E-state index is -0.421. The van der Waals surface area contributed by atoms with Crippen LogP contribution in [-0.4, -0.2) is 15.5 Å². The first kappa shape index (κ1) is 18.1. The molecular formula is C20H19ClN2O3. The Morgan fingerprint density at radius 1 is 1.19 bits per heavy atom. The van der Waals surface area contributed by atoms with Gasteiger partial charge < -0.3 is 4.74 Å². The van der Waals surface area contributed by atoms with Gasteiger partial charge in [-0.3, -0.25) is 14.2 Å². The molecule has 0 aliphatic rings. The van der Waals surface area contributed by atoms with E-state index in [1.54, 1.807) is 18.2 Å². The Labute approximate surface area is 156 Å². The predicted molar refractivity (Wildman–Crippen MR) is 102 cm³/mol. The van der Waals surface area contributed by atoms with Crippen molar-refractivity contribution >= 4 is 28.5 Å². The summed E-state index contributed by atoms with van der Waals surface area (Å²) in [6, 6.07) is 14.3. The lowest BCUT2D eigenvalue weighted by molar-refractivity contribution is -0.135. The van der Waals surface area contributed by atoms with E-state index >= 15 is 0 Å². The first-order valence-electron chi connectivity index (χ1n) is 8.38. The molecule has 134 valence electrons. The number of fused-ring (bicyclic) bond motifs is 1. The normalized spacial score (nSPS) is 11.1. The summed E-state index contributed by atoms with van der Waals surface area (Å²) >= 11 is 6.01. The van der Waals surface area contributed by atoms with E-state index in [1.807, 2.05) is 44.2 Å². The van der Waals surface area contributed by atoms with Gasteiger partial charge in [0.2, 0.25) is 0 Å². The Morgan fingerprint density at radius 3 is 2.62 bits per heavy atom. The van der Waals surface area contributed by atoms with Gasteiger partial charge in [-0.2, -0.15) is 4.98 Å². The number of benzene rings is 2. The van der Waals surface area contributed by atoms with Crippen molar-refractivity contribution in [3.63, 3.8) is 0 Å². The standard InChI is InChI=1S/C20H19ClN2O3/c1-13(2)10-18(24)26-20-22-17-11-15(21)8-9-16(17)19(25)23(20)12-14-6-4-3-5-7-14/h3-9,11,13H,10,12H2,1-2H3. The van der Waals surface area contributed by atoms with Crippen LogP contribution in [0.1, 0.15) is 25.8 Å². The van der Waals surface area contributed by atoms with Gasteiger partial charge in [0.25, 0.3) is 5.56 Å². The van der Waals surface area contributed by atoms with E-state index in [2.05, 4.69) is 4.98 Å². The van der Waals surface area contributed by atoms with Crippen molar-refractivity contribution in [1.29, 1.82) is 0 Å². The molecule has 3 aromatic rings. The maximum absolute atomic E-state index is 13.0. The first-order valence-corrected chi connectivity index (χ1v) is 8.76. The van der Waals surface area contributed by atoms with Crippen molar-refractivity contribution in [3.8, 4) is 6.01 Å². The Morgan fingerprint density at radius 2 is 1.92 bits per heavy atom. The third kappa shape index (κ3) is 4.11. The fraction of sp³-hybridized carbons (Fsp3) is 0.250. The van der Waals surface area contributed by atoms with Crippen molar-refractivity contribution in [3.05, 3.63) is 69.5 Å². The molecule has 26 heavy (non-hydrogen) atoms. The fourth-order valence-corrected chi connectivity index (χ4v) is 2.80. The van der Waals surface area contributed by atoms with Crippen LogP contribution in [0.15, 0.2) is 53.3 Å². The van der Waals surface area contributed by atoms with Crippen molar-refractivity contribution in [1.82, 2.24) is 9.55 Å². The summed E-state index contributed by atoms with van der Waals surface area (Å²) in [5, 5.41) is 0.888. The Hall–Kier alpha value is -2.66. The summed E-state index contributed by atoms with van der Waals surface area (Å²) in [5.41, 5.74) is 1.04. The number of nitrogens with zero attached hydrogens (tertiary/aromatic N) is 2. The first-order chi connectivity index (χ1) is 12.4. The summed E-state index contributed by atoms with van der Waals surface area (Å²) in [6.45, 7) is 4.10. The van der Waals surface area contributed by atoms with Gasteiger partial charge in [0, 0.05) is 11.4 Å². The van der Waals surface area contributed by atoms with Crippen LogP contribution in [-0.2, 0) is 11.3 Å². The average molecular weight is 371 g/mol. The molecule has 0 bridgehead atoms. The Balaban J connectivity index is 2.10. The number of ether oxygens (including phenoxy) is 1. The number of esters is 1. The van der Waals surface area contributed by atoms with E-state index in [9.17, 15) is 9.59 Å². The maximum atomic E-state index is 13.0. The van der Waals surface area contributed by atoms with E-state index < -0.39 is 5.97 Å². The molecule has 0 saturated carbocycles. The van der Waals surface area contributed by atoms with Crippen LogP contribution in [0.5, 0.6) is 6.01 Å². The molecule has 0 atom stereocenters. The second kappa shape index (κ2) is 7.70. The quantitative estimate of drug-likeness (QED) is 0.636. The summed E-state index contributed by atoms with van der Waals surface area (Å²) in [7, 11) is 0. The third-order valence-electron chi connectivity index (χ3n) is 3.85. The lowest BCUT2D eigenvalue weighted by Gasteiger charge is -2.14. The van der Waals surface area contributed by atoms with Gasteiger partial charge in [0.15, 0.2) is 0 Å². The number of hydrogen-bond acceptors (Lipinski definition) is 4. The molecule has 0 aliphatic carbocycles. The number of rotatable bonds is 5. The maximum Gasteiger partial charge on any atom is 0.313 e. The molecule has 1 heterocycles. The zero-order valence-corrected chi connectivity index (χ0v) is 15.4. The minimum absolute atomic E-state index is 0.0146. The van der Waals surface area contributed by atoms with Gasteiger partial charge in [-0.05, 0) is 29.7 Å². The molecule has 0 unspecified atom stereocenters. The van der Waals surface area contributed by atoms with E-state index in [4.69, 9.17) is 16.3 Å². The lowest BCUT2D eigenvalue weighted by Crippen LogP contribution is -2.26. The van der Waals surface area contributed by atoms with Crippen LogP contribution < -0.4 is 10.3 Å². The van der Waals surface area contributed by atoms with E-state index in [0.717, 1.165) is 5.56 Å². The largest absolute Gasteiger partial charge is 0.392 e. The molecule has 0 N–H and O–H groups in total. The number of halogens is 1. The molecule has 2 aromatic carbocycles.